The van der Waals surface area contributed by atoms with E-state index in [4.69, 9.17) is 0 Å². The summed E-state index contributed by atoms with van der Waals surface area (Å²) in [7, 11) is 0. The third-order valence-corrected chi connectivity index (χ3v) is 2.29. The van der Waals surface area contributed by atoms with Crippen molar-refractivity contribution in [1.29, 1.82) is 0 Å². The molecule has 0 saturated carbocycles. The summed E-state index contributed by atoms with van der Waals surface area (Å²) in [6, 6.07) is 0. The Kier molecular flexibility index (Phi) is 2.94. The Bertz CT molecular complexity index is 330. The monoisotopic (exact) mass is 190 g/mol. The lowest BCUT2D eigenvalue weighted by Gasteiger charge is -2.32. The van der Waals surface area contributed by atoms with Gasteiger partial charge in [0.05, 0.1) is 11.4 Å². The molecule has 0 bridgehead atoms. The van der Waals surface area contributed by atoms with Crippen LogP contribution in [0.3, 0.4) is 0 Å². The van der Waals surface area contributed by atoms with Gasteiger partial charge in [0.1, 0.15) is 0 Å². The highest BCUT2D eigenvalue weighted by molar-refractivity contribution is 5.85. The molecule has 0 radical (unpaired) electrons. The number of amidine groups is 1. The number of allylic oxidation sites excluding steroid dienone is 3. The molecule has 76 valence electrons. The molecule has 2 nitrogen and oxygen atoms in total. The Morgan fingerprint density at radius 2 is 2.07 bits per heavy atom. The zero-order valence-electron chi connectivity index (χ0n) is 9.39. The van der Waals surface area contributed by atoms with Crippen LogP contribution in [0.4, 0.5) is 0 Å². The van der Waals surface area contributed by atoms with Gasteiger partial charge in [-0.2, -0.15) is 0 Å². The normalized spacial score (nSPS) is 25.9. The first-order chi connectivity index (χ1) is 6.51. The molecule has 0 aromatic carbocycles. The van der Waals surface area contributed by atoms with Gasteiger partial charge in [0, 0.05) is 11.3 Å². The molecule has 0 unspecified atom stereocenters. The van der Waals surface area contributed by atoms with Gasteiger partial charge in [-0.05, 0) is 27.7 Å². The first kappa shape index (κ1) is 10.8. The fourth-order valence-electron chi connectivity index (χ4n) is 1.74. The molecule has 0 atom stereocenters. The van der Waals surface area contributed by atoms with Gasteiger partial charge < -0.3 is 5.32 Å². The predicted molar refractivity (Wildman–Crippen MR) is 62.4 cm³/mol. The van der Waals surface area contributed by atoms with Crippen LogP contribution in [0.1, 0.15) is 27.7 Å². The maximum Gasteiger partial charge on any atom is 0.0986 e. The summed E-state index contributed by atoms with van der Waals surface area (Å²) in [5.74, 6) is 0.962. The van der Waals surface area contributed by atoms with Gasteiger partial charge >= 0.3 is 0 Å². The van der Waals surface area contributed by atoms with Crippen LogP contribution in [0, 0.1) is 0 Å². The van der Waals surface area contributed by atoms with Gasteiger partial charge in [-0.3, -0.25) is 4.99 Å². The van der Waals surface area contributed by atoms with E-state index >= 15 is 0 Å². The molecule has 0 spiro atoms. The second-order valence-electron chi connectivity index (χ2n) is 3.90. The van der Waals surface area contributed by atoms with Crippen molar-refractivity contribution in [2.75, 3.05) is 0 Å². The van der Waals surface area contributed by atoms with Crippen LogP contribution in [0.15, 0.2) is 41.1 Å². The number of hydrogen-bond acceptors (Lipinski definition) is 2. The Labute approximate surface area is 86.1 Å². The van der Waals surface area contributed by atoms with Gasteiger partial charge in [-0.25, -0.2) is 0 Å². The SMILES string of the molecule is C=C/C=C1\C(=C/C)NC(C)=NC1(C)C. The summed E-state index contributed by atoms with van der Waals surface area (Å²) < 4.78 is 0. The molecule has 0 saturated heterocycles. The third-order valence-electron chi connectivity index (χ3n) is 2.29. The van der Waals surface area contributed by atoms with Crippen molar-refractivity contribution in [2.24, 2.45) is 4.99 Å². The van der Waals surface area contributed by atoms with Crippen molar-refractivity contribution in [3.8, 4) is 0 Å². The first-order valence-electron chi connectivity index (χ1n) is 4.84. The van der Waals surface area contributed by atoms with E-state index in [0.29, 0.717) is 0 Å². The topological polar surface area (TPSA) is 24.4 Å². The molecule has 0 amide bonds. The van der Waals surface area contributed by atoms with Crippen molar-refractivity contribution in [3.05, 3.63) is 36.1 Å². The lowest BCUT2D eigenvalue weighted by Crippen LogP contribution is -2.37. The number of nitrogens with zero attached hydrogens (tertiary/aromatic N) is 1. The summed E-state index contributed by atoms with van der Waals surface area (Å²) in [6.45, 7) is 11.9. The highest BCUT2D eigenvalue weighted by Gasteiger charge is 2.28. The van der Waals surface area contributed by atoms with E-state index in [2.05, 4.69) is 36.8 Å². The maximum atomic E-state index is 4.56. The molecule has 1 N–H and O–H groups in total. The van der Waals surface area contributed by atoms with Crippen LogP contribution in [0.25, 0.3) is 0 Å². The van der Waals surface area contributed by atoms with E-state index in [-0.39, 0.29) is 5.54 Å². The predicted octanol–water partition coefficient (Wildman–Crippen LogP) is 2.80. The average Bonchev–Trinajstić information content (AvgIpc) is 2.08. The van der Waals surface area contributed by atoms with E-state index in [1.54, 1.807) is 6.08 Å². The van der Waals surface area contributed by atoms with Crippen LogP contribution in [-0.4, -0.2) is 11.4 Å². The van der Waals surface area contributed by atoms with Crippen molar-refractivity contribution < 1.29 is 0 Å². The number of nitrogens with one attached hydrogen (secondary N) is 1. The minimum Gasteiger partial charge on any atom is -0.344 e. The van der Waals surface area contributed by atoms with Gasteiger partial charge in [0.15, 0.2) is 0 Å². The fraction of sp³-hybridized carbons (Fsp3) is 0.417. The maximum absolute atomic E-state index is 4.56. The van der Waals surface area contributed by atoms with Crippen LogP contribution in [0.5, 0.6) is 0 Å². The van der Waals surface area contributed by atoms with E-state index < -0.39 is 0 Å². The average molecular weight is 190 g/mol. The zero-order valence-corrected chi connectivity index (χ0v) is 9.39. The molecule has 0 aromatic rings. The molecule has 1 aliphatic rings. The smallest absolute Gasteiger partial charge is 0.0986 e. The quantitative estimate of drug-likeness (QED) is 0.675. The van der Waals surface area contributed by atoms with Crippen LogP contribution in [-0.2, 0) is 0 Å². The van der Waals surface area contributed by atoms with Crippen molar-refractivity contribution >= 4 is 5.84 Å². The minimum atomic E-state index is -0.161. The summed E-state index contributed by atoms with van der Waals surface area (Å²) in [5, 5.41) is 3.25. The first-order valence-corrected chi connectivity index (χ1v) is 4.84. The fourth-order valence-corrected chi connectivity index (χ4v) is 1.74. The highest BCUT2D eigenvalue weighted by atomic mass is 15.1. The van der Waals surface area contributed by atoms with E-state index in [1.165, 1.54) is 5.57 Å². The van der Waals surface area contributed by atoms with Crippen LogP contribution >= 0.6 is 0 Å². The number of aliphatic imine (C=N–C) groups is 1. The number of rotatable bonds is 1. The zero-order chi connectivity index (χ0) is 10.8. The number of hydrogen-bond donors (Lipinski definition) is 1. The molecule has 2 heteroatoms. The van der Waals surface area contributed by atoms with Crippen LogP contribution in [0.2, 0.25) is 0 Å². The summed E-state index contributed by atoms with van der Waals surface area (Å²) >= 11 is 0. The largest absolute Gasteiger partial charge is 0.344 e. The second kappa shape index (κ2) is 3.82. The molecule has 0 aromatic heterocycles. The van der Waals surface area contributed by atoms with Crippen molar-refractivity contribution in [1.82, 2.24) is 5.32 Å². The van der Waals surface area contributed by atoms with Gasteiger partial charge in [0.25, 0.3) is 0 Å². The summed E-state index contributed by atoms with van der Waals surface area (Å²) in [5.41, 5.74) is 2.15. The van der Waals surface area contributed by atoms with Crippen molar-refractivity contribution in [2.45, 2.75) is 33.2 Å². The Hall–Kier alpha value is -1.31. The molecule has 14 heavy (non-hydrogen) atoms. The summed E-state index contributed by atoms with van der Waals surface area (Å²) in [6.07, 6.45) is 5.88. The molecule has 0 aliphatic carbocycles. The van der Waals surface area contributed by atoms with E-state index in [0.717, 1.165) is 11.5 Å². The van der Waals surface area contributed by atoms with Gasteiger partial charge in [-0.1, -0.05) is 24.8 Å². The molecule has 0 fully saturated rings. The van der Waals surface area contributed by atoms with E-state index in [1.807, 2.05) is 19.9 Å². The standard InChI is InChI=1S/C12H18N2/c1-6-8-10-11(7-2)13-9(3)14-12(10,4)5/h6-8H,1H2,2-5H3,(H,13,14)/b10-8+,11-7+. The second-order valence-corrected chi connectivity index (χ2v) is 3.90. The Morgan fingerprint density at radius 3 is 2.57 bits per heavy atom. The van der Waals surface area contributed by atoms with Gasteiger partial charge in [0.2, 0.25) is 0 Å². The van der Waals surface area contributed by atoms with Crippen LogP contribution < -0.4 is 5.32 Å². The minimum absolute atomic E-state index is 0.161. The molecule has 1 aliphatic heterocycles. The Balaban J connectivity index is 3.24. The summed E-state index contributed by atoms with van der Waals surface area (Å²) in [4.78, 5) is 4.56. The highest BCUT2D eigenvalue weighted by Crippen LogP contribution is 2.29. The molecular formula is C12H18N2. The van der Waals surface area contributed by atoms with E-state index in [9.17, 15) is 0 Å². The molecular weight excluding hydrogens is 172 g/mol. The Morgan fingerprint density at radius 1 is 1.43 bits per heavy atom. The molecule has 1 heterocycles. The third kappa shape index (κ3) is 1.95. The lowest BCUT2D eigenvalue weighted by molar-refractivity contribution is 0.595. The lowest BCUT2D eigenvalue weighted by atomic mass is 9.89. The van der Waals surface area contributed by atoms with Crippen molar-refractivity contribution in [3.63, 3.8) is 0 Å². The van der Waals surface area contributed by atoms with Gasteiger partial charge in [-0.15, -0.1) is 0 Å². The molecule has 1 rings (SSSR count).